The molecular weight excluding hydrogens is 428 g/mol. The van der Waals surface area contributed by atoms with E-state index in [9.17, 15) is 30.6 Å². The van der Waals surface area contributed by atoms with E-state index < -0.39 is 66.5 Å². The van der Waals surface area contributed by atoms with E-state index in [1.54, 1.807) is 0 Å². The predicted molar refractivity (Wildman–Crippen MR) is 106 cm³/mol. The fourth-order valence-corrected chi connectivity index (χ4v) is 5.35. The Morgan fingerprint density at radius 3 is 2.12 bits per heavy atom. The van der Waals surface area contributed by atoms with Crippen LogP contribution < -0.4 is 0 Å². The third-order valence-corrected chi connectivity index (χ3v) is 7.73. The molecule has 0 aromatic carbocycles. The minimum Gasteiger partial charge on any atom is -0.393 e. The molecule has 5 rings (SSSR count). The molecule has 4 saturated heterocycles. The molecule has 8 atom stereocenters. The molecule has 4 aliphatic heterocycles. The van der Waals surface area contributed by atoms with Crippen LogP contribution in [0.4, 0.5) is 0 Å². The summed E-state index contributed by atoms with van der Waals surface area (Å²) in [6.45, 7) is 4.59. The summed E-state index contributed by atoms with van der Waals surface area (Å²) in [5.74, 6) is 0. The lowest BCUT2D eigenvalue weighted by atomic mass is 9.65. The van der Waals surface area contributed by atoms with Gasteiger partial charge in [0.15, 0.2) is 12.6 Å². The van der Waals surface area contributed by atoms with Crippen molar-refractivity contribution in [1.29, 1.82) is 0 Å². The number of ether oxygens (including phenoxy) is 5. The van der Waals surface area contributed by atoms with Crippen molar-refractivity contribution in [3.05, 3.63) is 0 Å². The molecule has 5 aliphatic rings. The van der Waals surface area contributed by atoms with Crippen LogP contribution in [0.3, 0.4) is 0 Å². The van der Waals surface area contributed by atoms with Gasteiger partial charge >= 0.3 is 0 Å². The summed E-state index contributed by atoms with van der Waals surface area (Å²) in [4.78, 5) is 0. The van der Waals surface area contributed by atoms with Gasteiger partial charge in [-0.2, -0.15) is 0 Å². The summed E-state index contributed by atoms with van der Waals surface area (Å²) in [7, 11) is 0. The maximum Gasteiger partial charge on any atom is 0.187 e. The number of hydrogen-bond donors (Lipinski definition) is 6. The Morgan fingerprint density at radius 1 is 0.906 bits per heavy atom. The Kier molecular flexibility index (Phi) is 6.44. The Morgan fingerprint density at radius 2 is 1.56 bits per heavy atom. The lowest BCUT2D eigenvalue weighted by Crippen LogP contribution is -2.69. The first-order valence-corrected chi connectivity index (χ1v) is 11.2. The molecule has 0 amide bonds. The van der Waals surface area contributed by atoms with Crippen LogP contribution >= 0.6 is 0 Å². The van der Waals surface area contributed by atoms with Crippen molar-refractivity contribution in [2.45, 2.75) is 112 Å². The van der Waals surface area contributed by atoms with Crippen LogP contribution in [0.25, 0.3) is 0 Å². The lowest BCUT2D eigenvalue weighted by Gasteiger charge is -2.61. The van der Waals surface area contributed by atoms with E-state index in [1.165, 1.54) is 0 Å². The molecule has 2 bridgehead atoms. The molecule has 5 fully saturated rings. The third-order valence-electron chi connectivity index (χ3n) is 7.73. The topological polar surface area (TPSA) is 168 Å². The zero-order valence-electron chi connectivity index (χ0n) is 18.7. The Labute approximate surface area is 186 Å². The summed E-state index contributed by atoms with van der Waals surface area (Å²) in [5, 5.41) is 60.8. The molecule has 0 unspecified atom stereocenters. The Balaban J connectivity index is 1.43. The Bertz CT molecular complexity index is 679. The first-order chi connectivity index (χ1) is 14.9. The molecule has 11 heteroatoms. The average Bonchev–Trinajstić information content (AvgIpc) is 3.03. The lowest BCUT2D eigenvalue weighted by molar-refractivity contribution is -0.385. The first-order valence-electron chi connectivity index (χ1n) is 11.2. The van der Waals surface area contributed by atoms with Gasteiger partial charge in [-0.3, -0.25) is 0 Å². The number of hydrogen-bond acceptors (Lipinski definition) is 11. The molecule has 0 aromatic heterocycles. The van der Waals surface area contributed by atoms with Gasteiger partial charge in [-0.1, -0.05) is 0 Å². The van der Waals surface area contributed by atoms with Crippen LogP contribution in [0.15, 0.2) is 0 Å². The molecule has 1 aliphatic carbocycles. The number of rotatable bonds is 6. The second kappa shape index (κ2) is 8.35. The summed E-state index contributed by atoms with van der Waals surface area (Å²) in [5.41, 5.74) is -3.44. The van der Waals surface area contributed by atoms with Gasteiger partial charge < -0.3 is 54.3 Å². The quantitative estimate of drug-likeness (QED) is 0.261. The third kappa shape index (κ3) is 4.01. The number of fused-ring (bicyclic) bond motifs is 3. The van der Waals surface area contributed by atoms with E-state index in [2.05, 4.69) is 6.92 Å². The van der Waals surface area contributed by atoms with E-state index in [1.807, 2.05) is 13.8 Å². The van der Waals surface area contributed by atoms with Crippen LogP contribution in [0.1, 0.15) is 46.5 Å². The predicted octanol–water partition coefficient (Wildman–Crippen LogP) is -1.85. The molecule has 0 aromatic rings. The highest BCUT2D eigenvalue weighted by molar-refractivity contribution is 5.10. The van der Waals surface area contributed by atoms with Crippen LogP contribution in [-0.2, 0) is 23.7 Å². The van der Waals surface area contributed by atoms with E-state index in [-0.39, 0.29) is 18.8 Å². The molecule has 1 saturated carbocycles. The zero-order valence-corrected chi connectivity index (χ0v) is 18.7. The van der Waals surface area contributed by atoms with Gasteiger partial charge in [-0.15, -0.1) is 0 Å². The van der Waals surface area contributed by atoms with Gasteiger partial charge in [0, 0.05) is 0 Å². The maximum atomic E-state index is 10.6. The van der Waals surface area contributed by atoms with Crippen LogP contribution in [0, 0.1) is 0 Å². The van der Waals surface area contributed by atoms with Gasteiger partial charge in [-0.25, -0.2) is 0 Å². The van der Waals surface area contributed by atoms with Crippen molar-refractivity contribution in [3.63, 3.8) is 0 Å². The van der Waals surface area contributed by atoms with E-state index in [4.69, 9.17) is 23.7 Å². The second-order valence-electron chi connectivity index (χ2n) is 10.4. The van der Waals surface area contributed by atoms with Gasteiger partial charge in [-0.05, 0) is 46.5 Å². The van der Waals surface area contributed by atoms with Crippen LogP contribution in [-0.4, -0.2) is 116 Å². The highest BCUT2D eigenvalue weighted by Crippen LogP contribution is 2.54. The van der Waals surface area contributed by atoms with E-state index >= 15 is 0 Å². The van der Waals surface area contributed by atoms with E-state index in [0.717, 1.165) is 12.8 Å². The SMILES string of the molecule is CC12CCC(O[C@@H]3O[C@H](CO[C@@H]4OC[C@@](O)(CO)[C@H]4O)[C@@H](O)[C@H](O)[C@H]3O)(CC1)C(C)(C)O2. The molecule has 4 heterocycles. The van der Waals surface area contributed by atoms with Crippen molar-refractivity contribution >= 4 is 0 Å². The Hall–Kier alpha value is -0.440. The summed E-state index contributed by atoms with van der Waals surface area (Å²) >= 11 is 0. The van der Waals surface area contributed by atoms with E-state index in [0.29, 0.717) is 12.8 Å². The summed E-state index contributed by atoms with van der Waals surface area (Å²) in [6.07, 6.45) is -6.65. The fraction of sp³-hybridized carbons (Fsp3) is 1.00. The van der Waals surface area contributed by atoms with Gasteiger partial charge in [0.25, 0.3) is 0 Å². The second-order valence-corrected chi connectivity index (χ2v) is 10.4. The normalized spacial score (nSPS) is 53.0. The van der Waals surface area contributed by atoms with Crippen molar-refractivity contribution in [2.75, 3.05) is 19.8 Å². The fourth-order valence-electron chi connectivity index (χ4n) is 5.35. The first kappa shape index (κ1) is 24.7. The molecule has 6 N–H and O–H groups in total. The molecule has 32 heavy (non-hydrogen) atoms. The smallest absolute Gasteiger partial charge is 0.187 e. The monoisotopic (exact) mass is 464 g/mol. The van der Waals surface area contributed by atoms with Crippen LogP contribution in [0.2, 0.25) is 0 Å². The minimum atomic E-state index is -1.85. The zero-order chi connectivity index (χ0) is 23.5. The minimum absolute atomic E-state index is 0.217. The summed E-state index contributed by atoms with van der Waals surface area (Å²) < 4.78 is 29.0. The van der Waals surface area contributed by atoms with Crippen molar-refractivity contribution in [2.24, 2.45) is 0 Å². The summed E-state index contributed by atoms with van der Waals surface area (Å²) in [6, 6.07) is 0. The molecule has 186 valence electrons. The molecule has 0 radical (unpaired) electrons. The molecule has 0 spiro atoms. The highest BCUT2D eigenvalue weighted by atomic mass is 16.7. The standard InChI is InChI=1S/C21H36O11/c1-18(2)21(6-4-19(3,32-18)5-7-21)31-16-14(25)13(24)12(23)11(30-16)8-28-17-15(26)20(27,9-22)10-29-17/h11-17,22-27H,4-10H2,1-3H3/t11-,12-,13+,14-,15+,16+,17-,19?,20+,21?/m1/s1. The van der Waals surface area contributed by atoms with Gasteiger partial charge in [0.2, 0.25) is 0 Å². The maximum absolute atomic E-state index is 10.6. The van der Waals surface area contributed by atoms with Gasteiger partial charge in [0.05, 0.1) is 31.0 Å². The van der Waals surface area contributed by atoms with Crippen molar-refractivity contribution in [3.8, 4) is 0 Å². The van der Waals surface area contributed by atoms with Crippen molar-refractivity contribution in [1.82, 2.24) is 0 Å². The van der Waals surface area contributed by atoms with Crippen LogP contribution in [0.5, 0.6) is 0 Å². The average molecular weight is 465 g/mol. The molecular formula is C21H36O11. The number of aliphatic hydroxyl groups is 6. The van der Waals surface area contributed by atoms with Gasteiger partial charge in [0.1, 0.15) is 41.7 Å². The largest absolute Gasteiger partial charge is 0.393 e. The van der Waals surface area contributed by atoms with Crippen molar-refractivity contribution < 1.29 is 54.3 Å². The molecule has 11 nitrogen and oxygen atoms in total. The number of aliphatic hydroxyl groups excluding tert-OH is 5. The highest BCUT2D eigenvalue weighted by Gasteiger charge is 2.61.